The molecular formula is C13H16FN3. The maximum absolute atomic E-state index is 13.1. The summed E-state index contributed by atoms with van der Waals surface area (Å²) in [5.41, 5.74) is 2.67. The predicted molar refractivity (Wildman–Crippen MR) is 66.4 cm³/mol. The fourth-order valence-electron chi connectivity index (χ4n) is 1.73. The standard InChI is InChI=1S/C13H16FN3/c1-9-6-12(4-5-13(9)14)16-10(2)11-7-15-17(3)8-11/h4-8,10,16H,1-3H3. The average molecular weight is 233 g/mol. The van der Waals surface area contributed by atoms with E-state index in [1.807, 2.05) is 25.5 Å². The van der Waals surface area contributed by atoms with E-state index in [0.29, 0.717) is 5.56 Å². The lowest BCUT2D eigenvalue weighted by atomic mass is 10.1. The second-order valence-electron chi connectivity index (χ2n) is 4.28. The van der Waals surface area contributed by atoms with Gasteiger partial charge in [-0.25, -0.2) is 4.39 Å². The molecule has 0 saturated heterocycles. The van der Waals surface area contributed by atoms with E-state index in [1.165, 1.54) is 6.07 Å². The van der Waals surface area contributed by atoms with Crippen molar-refractivity contribution in [2.45, 2.75) is 19.9 Å². The molecule has 0 fully saturated rings. The molecule has 3 nitrogen and oxygen atoms in total. The van der Waals surface area contributed by atoms with E-state index in [1.54, 1.807) is 17.7 Å². The Labute approximate surface area is 100 Å². The number of aryl methyl sites for hydroxylation is 2. The highest BCUT2D eigenvalue weighted by molar-refractivity contribution is 5.47. The molecule has 1 unspecified atom stereocenters. The average Bonchev–Trinajstić information content (AvgIpc) is 2.70. The van der Waals surface area contributed by atoms with Crippen LogP contribution in [-0.2, 0) is 7.05 Å². The maximum atomic E-state index is 13.1. The van der Waals surface area contributed by atoms with Gasteiger partial charge in [0.15, 0.2) is 0 Å². The summed E-state index contributed by atoms with van der Waals surface area (Å²) in [5.74, 6) is -0.176. The van der Waals surface area contributed by atoms with Crippen LogP contribution in [0.3, 0.4) is 0 Å². The molecule has 0 spiro atoms. The van der Waals surface area contributed by atoms with Crippen molar-refractivity contribution in [3.05, 3.63) is 47.5 Å². The van der Waals surface area contributed by atoms with E-state index in [0.717, 1.165) is 11.3 Å². The van der Waals surface area contributed by atoms with Gasteiger partial charge >= 0.3 is 0 Å². The number of hydrogen-bond donors (Lipinski definition) is 1. The molecule has 0 aliphatic rings. The highest BCUT2D eigenvalue weighted by Gasteiger charge is 2.08. The Morgan fingerprint density at radius 2 is 2.18 bits per heavy atom. The highest BCUT2D eigenvalue weighted by Crippen LogP contribution is 2.20. The maximum Gasteiger partial charge on any atom is 0.126 e. The third-order valence-corrected chi connectivity index (χ3v) is 2.77. The van der Waals surface area contributed by atoms with Crippen LogP contribution in [0.25, 0.3) is 0 Å². The Bertz CT molecular complexity index is 519. The first-order valence-electron chi connectivity index (χ1n) is 5.57. The highest BCUT2D eigenvalue weighted by atomic mass is 19.1. The molecule has 2 aromatic rings. The number of nitrogens with zero attached hydrogens (tertiary/aromatic N) is 2. The molecule has 0 amide bonds. The number of rotatable bonds is 3. The molecule has 17 heavy (non-hydrogen) atoms. The topological polar surface area (TPSA) is 29.9 Å². The molecule has 1 aromatic heterocycles. The summed E-state index contributed by atoms with van der Waals surface area (Å²) in [4.78, 5) is 0. The minimum Gasteiger partial charge on any atom is -0.378 e. The second-order valence-corrected chi connectivity index (χ2v) is 4.28. The van der Waals surface area contributed by atoms with Crippen LogP contribution in [0, 0.1) is 12.7 Å². The fourth-order valence-corrected chi connectivity index (χ4v) is 1.73. The minimum absolute atomic E-state index is 0.147. The molecule has 1 N–H and O–H groups in total. The zero-order chi connectivity index (χ0) is 12.4. The summed E-state index contributed by atoms with van der Waals surface area (Å²) >= 11 is 0. The van der Waals surface area contributed by atoms with Crippen LogP contribution in [0.5, 0.6) is 0 Å². The summed E-state index contributed by atoms with van der Waals surface area (Å²) in [6.45, 7) is 3.81. The molecule has 0 saturated carbocycles. The lowest BCUT2D eigenvalue weighted by Gasteiger charge is -2.14. The summed E-state index contributed by atoms with van der Waals surface area (Å²) in [6, 6.07) is 5.18. The second kappa shape index (κ2) is 4.57. The number of nitrogens with one attached hydrogen (secondary N) is 1. The van der Waals surface area contributed by atoms with Crippen molar-refractivity contribution < 1.29 is 4.39 Å². The minimum atomic E-state index is -0.176. The Kier molecular flexibility index (Phi) is 3.13. The molecule has 2 rings (SSSR count). The molecule has 0 radical (unpaired) electrons. The molecule has 0 bridgehead atoms. The Balaban J connectivity index is 2.12. The molecule has 1 heterocycles. The van der Waals surface area contributed by atoms with Crippen molar-refractivity contribution >= 4 is 5.69 Å². The van der Waals surface area contributed by atoms with Crippen molar-refractivity contribution in [3.8, 4) is 0 Å². The zero-order valence-corrected chi connectivity index (χ0v) is 10.2. The van der Waals surface area contributed by atoms with E-state index in [9.17, 15) is 4.39 Å². The van der Waals surface area contributed by atoms with Gasteiger partial charge in [-0.3, -0.25) is 4.68 Å². The van der Waals surface area contributed by atoms with E-state index in [2.05, 4.69) is 17.3 Å². The molecule has 90 valence electrons. The molecule has 0 aliphatic carbocycles. The lowest BCUT2D eigenvalue weighted by Crippen LogP contribution is -2.06. The molecule has 4 heteroatoms. The monoisotopic (exact) mass is 233 g/mol. The Morgan fingerprint density at radius 3 is 2.76 bits per heavy atom. The van der Waals surface area contributed by atoms with Gasteiger partial charge in [-0.15, -0.1) is 0 Å². The van der Waals surface area contributed by atoms with Gasteiger partial charge in [0.1, 0.15) is 5.82 Å². The van der Waals surface area contributed by atoms with Gasteiger partial charge in [0, 0.05) is 24.5 Å². The van der Waals surface area contributed by atoms with E-state index in [-0.39, 0.29) is 11.9 Å². The number of aromatic nitrogens is 2. The first-order chi connectivity index (χ1) is 8.06. The Morgan fingerprint density at radius 1 is 1.41 bits per heavy atom. The van der Waals surface area contributed by atoms with Crippen LogP contribution in [0.1, 0.15) is 24.1 Å². The molecular weight excluding hydrogens is 217 g/mol. The smallest absolute Gasteiger partial charge is 0.126 e. The Hall–Kier alpha value is -1.84. The van der Waals surface area contributed by atoms with E-state index >= 15 is 0 Å². The largest absolute Gasteiger partial charge is 0.378 e. The quantitative estimate of drug-likeness (QED) is 0.883. The van der Waals surface area contributed by atoms with Gasteiger partial charge in [0.2, 0.25) is 0 Å². The lowest BCUT2D eigenvalue weighted by molar-refractivity contribution is 0.618. The van der Waals surface area contributed by atoms with E-state index in [4.69, 9.17) is 0 Å². The summed E-state index contributed by atoms with van der Waals surface area (Å²) < 4.78 is 14.9. The van der Waals surface area contributed by atoms with Gasteiger partial charge in [0.25, 0.3) is 0 Å². The number of anilines is 1. The van der Waals surface area contributed by atoms with Gasteiger partial charge in [-0.2, -0.15) is 5.10 Å². The third-order valence-electron chi connectivity index (χ3n) is 2.77. The predicted octanol–water partition coefficient (Wildman–Crippen LogP) is 3.04. The molecule has 1 atom stereocenters. The van der Waals surface area contributed by atoms with Crippen molar-refractivity contribution in [2.75, 3.05) is 5.32 Å². The molecule has 0 aliphatic heterocycles. The van der Waals surface area contributed by atoms with Gasteiger partial charge in [-0.05, 0) is 37.6 Å². The van der Waals surface area contributed by atoms with Crippen molar-refractivity contribution in [3.63, 3.8) is 0 Å². The first kappa shape index (κ1) is 11.6. The first-order valence-corrected chi connectivity index (χ1v) is 5.57. The van der Waals surface area contributed by atoms with Crippen LogP contribution >= 0.6 is 0 Å². The third kappa shape index (κ3) is 2.64. The van der Waals surface area contributed by atoms with Crippen LogP contribution in [0.15, 0.2) is 30.6 Å². The summed E-state index contributed by atoms with van der Waals surface area (Å²) in [7, 11) is 1.89. The van der Waals surface area contributed by atoms with Crippen molar-refractivity contribution in [1.29, 1.82) is 0 Å². The van der Waals surface area contributed by atoms with E-state index < -0.39 is 0 Å². The van der Waals surface area contributed by atoms with Crippen molar-refractivity contribution in [1.82, 2.24) is 9.78 Å². The molecule has 1 aromatic carbocycles. The SMILES string of the molecule is Cc1cc(NC(C)c2cnn(C)c2)ccc1F. The van der Waals surface area contributed by atoms with Crippen LogP contribution in [-0.4, -0.2) is 9.78 Å². The fraction of sp³-hybridized carbons (Fsp3) is 0.308. The zero-order valence-electron chi connectivity index (χ0n) is 10.2. The van der Waals surface area contributed by atoms with Gasteiger partial charge < -0.3 is 5.32 Å². The van der Waals surface area contributed by atoms with Crippen molar-refractivity contribution in [2.24, 2.45) is 7.05 Å². The number of benzene rings is 1. The van der Waals surface area contributed by atoms with Crippen LogP contribution in [0.2, 0.25) is 0 Å². The van der Waals surface area contributed by atoms with Gasteiger partial charge in [0.05, 0.1) is 12.2 Å². The van der Waals surface area contributed by atoms with Crippen LogP contribution < -0.4 is 5.32 Å². The summed E-state index contributed by atoms with van der Waals surface area (Å²) in [6.07, 6.45) is 3.79. The van der Waals surface area contributed by atoms with Crippen LogP contribution in [0.4, 0.5) is 10.1 Å². The summed E-state index contributed by atoms with van der Waals surface area (Å²) in [5, 5.41) is 7.45. The van der Waals surface area contributed by atoms with Gasteiger partial charge in [-0.1, -0.05) is 0 Å². The normalized spacial score (nSPS) is 12.5. The number of halogens is 1. The number of hydrogen-bond acceptors (Lipinski definition) is 2.